The highest BCUT2D eigenvalue weighted by Crippen LogP contribution is 2.60. The van der Waals surface area contributed by atoms with Gasteiger partial charge in [-0.15, -0.1) is 0 Å². The second-order valence-electron chi connectivity index (χ2n) is 7.74. The van der Waals surface area contributed by atoms with Crippen LogP contribution in [0.15, 0.2) is 24.3 Å². The van der Waals surface area contributed by atoms with E-state index in [1.54, 1.807) is 0 Å². The molecular weight excluding hydrogens is 318 g/mol. The fourth-order valence-corrected chi connectivity index (χ4v) is 4.80. The summed E-state index contributed by atoms with van der Waals surface area (Å²) < 4.78 is 10.6. The van der Waals surface area contributed by atoms with Gasteiger partial charge in [0.1, 0.15) is 5.75 Å². The van der Waals surface area contributed by atoms with Gasteiger partial charge in [0, 0.05) is 16.9 Å². The summed E-state index contributed by atoms with van der Waals surface area (Å²) in [6.07, 6.45) is 5.82. The van der Waals surface area contributed by atoms with Crippen LogP contribution in [0.3, 0.4) is 0 Å². The number of hydrogen-bond acceptors (Lipinski definition) is 4. The average molecular weight is 343 g/mol. The molecule has 0 saturated heterocycles. The Hall–Kier alpha value is -2.04. The van der Waals surface area contributed by atoms with E-state index in [1.807, 2.05) is 18.2 Å². The third kappa shape index (κ3) is 2.79. The Kier molecular flexibility index (Phi) is 3.97. The molecule has 5 heteroatoms. The number of ether oxygens (including phenoxy) is 2. The summed E-state index contributed by atoms with van der Waals surface area (Å²) in [5.41, 5.74) is 0.664. The number of methoxy groups -OCH3 is 1. The van der Waals surface area contributed by atoms with Gasteiger partial charge in [-0.05, 0) is 31.7 Å². The van der Waals surface area contributed by atoms with Crippen molar-refractivity contribution in [1.82, 2.24) is 5.32 Å². The summed E-state index contributed by atoms with van der Waals surface area (Å²) in [4.78, 5) is 24.8. The van der Waals surface area contributed by atoms with Crippen LogP contribution in [0.2, 0.25) is 0 Å². The summed E-state index contributed by atoms with van der Waals surface area (Å²) >= 11 is 0. The van der Waals surface area contributed by atoms with Crippen LogP contribution in [0.5, 0.6) is 5.75 Å². The SMILES string of the molecule is COC(=O)CC1(NC(=O)[C@@H]2C[C@]23CCOc2ccccc23)CCCC1. The van der Waals surface area contributed by atoms with Crippen LogP contribution < -0.4 is 10.1 Å². The number of carbonyl (C=O) groups is 2. The highest BCUT2D eigenvalue weighted by Gasteiger charge is 2.61. The Labute approximate surface area is 148 Å². The van der Waals surface area contributed by atoms with Gasteiger partial charge in [0.25, 0.3) is 0 Å². The molecule has 134 valence electrons. The van der Waals surface area contributed by atoms with Gasteiger partial charge in [-0.3, -0.25) is 9.59 Å². The second kappa shape index (κ2) is 6.04. The first kappa shape index (κ1) is 16.4. The number of amides is 1. The molecule has 0 unspecified atom stereocenters. The lowest BCUT2D eigenvalue weighted by molar-refractivity contribution is -0.142. The van der Waals surface area contributed by atoms with Crippen LogP contribution in [-0.2, 0) is 19.7 Å². The lowest BCUT2D eigenvalue weighted by Gasteiger charge is -2.31. The summed E-state index contributed by atoms with van der Waals surface area (Å²) in [6, 6.07) is 8.05. The van der Waals surface area contributed by atoms with Gasteiger partial charge < -0.3 is 14.8 Å². The van der Waals surface area contributed by atoms with Crippen molar-refractivity contribution in [1.29, 1.82) is 0 Å². The Balaban J connectivity index is 1.51. The van der Waals surface area contributed by atoms with Crippen molar-refractivity contribution in [3.63, 3.8) is 0 Å². The van der Waals surface area contributed by atoms with Crippen molar-refractivity contribution >= 4 is 11.9 Å². The van der Waals surface area contributed by atoms with E-state index in [1.165, 1.54) is 7.11 Å². The molecule has 5 nitrogen and oxygen atoms in total. The average Bonchev–Trinajstić information content (AvgIpc) is 3.16. The predicted octanol–water partition coefficient (Wildman–Crippen LogP) is 2.72. The summed E-state index contributed by atoms with van der Waals surface area (Å²) in [5, 5.41) is 3.24. The lowest BCUT2D eigenvalue weighted by Crippen LogP contribution is -2.49. The van der Waals surface area contributed by atoms with E-state index < -0.39 is 5.54 Å². The van der Waals surface area contributed by atoms with Crippen LogP contribution in [-0.4, -0.2) is 31.1 Å². The Morgan fingerprint density at radius 1 is 1.24 bits per heavy atom. The molecule has 0 radical (unpaired) electrons. The van der Waals surface area contributed by atoms with Gasteiger partial charge in [0.15, 0.2) is 0 Å². The summed E-state index contributed by atoms with van der Waals surface area (Å²) in [5.74, 6) is 0.730. The number of hydrogen-bond donors (Lipinski definition) is 1. The van der Waals surface area contributed by atoms with Crippen molar-refractivity contribution in [2.75, 3.05) is 13.7 Å². The van der Waals surface area contributed by atoms with Crippen LogP contribution >= 0.6 is 0 Å². The number of esters is 1. The number of para-hydroxylation sites is 1. The molecule has 1 spiro atoms. The molecule has 4 rings (SSSR count). The van der Waals surface area contributed by atoms with Crippen molar-refractivity contribution in [3.05, 3.63) is 29.8 Å². The van der Waals surface area contributed by atoms with Crippen LogP contribution in [0, 0.1) is 5.92 Å². The first-order chi connectivity index (χ1) is 12.1. The fourth-order valence-electron chi connectivity index (χ4n) is 4.80. The molecule has 1 aliphatic heterocycles. The van der Waals surface area contributed by atoms with Gasteiger partial charge in [0.2, 0.25) is 5.91 Å². The fraction of sp³-hybridized carbons (Fsp3) is 0.600. The third-order valence-electron chi connectivity index (χ3n) is 6.28. The van der Waals surface area contributed by atoms with Gasteiger partial charge in [-0.2, -0.15) is 0 Å². The van der Waals surface area contributed by atoms with E-state index in [-0.39, 0.29) is 29.6 Å². The van der Waals surface area contributed by atoms with E-state index in [0.29, 0.717) is 6.61 Å². The molecule has 2 saturated carbocycles. The summed E-state index contributed by atoms with van der Waals surface area (Å²) in [7, 11) is 1.40. The molecule has 1 N–H and O–H groups in total. The molecular formula is C20H25NO4. The number of carbonyl (C=O) groups excluding carboxylic acids is 2. The quantitative estimate of drug-likeness (QED) is 0.854. The maximum atomic E-state index is 13.0. The van der Waals surface area contributed by atoms with E-state index >= 15 is 0 Å². The minimum Gasteiger partial charge on any atom is -0.493 e. The van der Waals surface area contributed by atoms with Crippen molar-refractivity contribution in [3.8, 4) is 5.75 Å². The lowest BCUT2D eigenvalue weighted by atomic mass is 9.86. The zero-order chi connectivity index (χ0) is 17.5. The van der Waals surface area contributed by atoms with Gasteiger partial charge >= 0.3 is 5.97 Å². The smallest absolute Gasteiger partial charge is 0.307 e. The van der Waals surface area contributed by atoms with Gasteiger partial charge in [-0.25, -0.2) is 0 Å². The second-order valence-corrected chi connectivity index (χ2v) is 7.74. The van der Waals surface area contributed by atoms with Crippen LogP contribution in [0.4, 0.5) is 0 Å². The van der Waals surface area contributed by atoms with E-state index in [2.05, 4.69) is 11.4 Å². The Bertz CT molecular complexity index is 695. The first-order valence-electron chi connectivity index (χ1n) is 9.20. The normalized spacial score (nSPS) is 28.8. The molecule has 2 atom stereocenters. The highest BCUT2D eigenvalue weighted by molar-refractivity contribution is 5.86. The Morgan fingerprint density at radius 2 is 2.00 bits per heavy atom. The molecule has 2 aliphatic carbocycles. The number of fused-ring (bicyclic) bond motifs is 2. The zero-order valence-corrected chi connectivity index (χ0v) is 14.7. The molecule has 0 aromatic heterocycles. The molecule has 2 fully saturated rings. The molecule has 25 heavy (non-hydrogen) atoms. The van der Waals surface area contributed by atoms with E-state index in [4.69, 9.17) is 9.47 Å². The van der Waals surface area contributed by atoms with Gasteiger partial charge in [0.05, 0.1) is 25.7 Å². The van der Waals surface area contributed by atoms with Gasteiger partial charge in [-0.1, -0.05) is 31.0 Å². The topological polar surface area (TPSA) is 64.6 Å². The number of benzene rings is 1. The molecule has 1 aromatic carbocycles. The minimum atomic E-state index is -0.418. The highest BCUT2D eigenvalue weighted by atomic mass is 16.5. The van der Waals surface area contributed by atoms with E-state index in [0.717, 1.165) is 49.8 Å². The molecule has 0 bridgehead atoms. The maximum absolute atomic E-state index is 13.0. The third-order valence-corrected chi connectivity index (χ3v) is 6.28. The van der Waals surface area contributed by atoms with Crippen molar-refractivity contribution in [2.45, 2.75) is 55.9 Å². The van der Waals surface area contributed by atoms with Crippen molar-refractivity contribution < 1.29 is 19.1 Å². The van der Waals surface area contributed by atoms with Crippen LogP contribution in [0.1, 0.15) is 50.5 Å². The number of nitrogens with one attached hydrogen (secondary N) is 1. The Morgan fingerprint density at radius 3 is 2.76 bits per heavy atom. The molecule has 1 amide bonds. The molecule has 1 heterocycles. The monoisotopic (exact) mass is 343 g/mol. The minimum absolute atomic E-state index is 0.0207. The number of rotatable bonds is 4. The molecule has 1 aromatic rings. The largest absolute Gasteiger partial charge is 0.493 e. The summed E-state index contributed by atoms with van der Waals surface area (Å²) in [6.45, 7) is 0.661. The molecule has 3 aliphatic rings. The standard InChI is InChI=1S/C20H25NO4/c1-24-17(22)13-19(8-4-5-9-19)21-18(23)15-12-20(15)10-11-25-16-7-3-2-6-14(16)20/h2-3,6-7,15H,4-5,8-13H2,1H3,(H,21,23)/t15-,20-/m0/s1. The maximum Gasteiger partial charge on any atom is 0.307 e. The first-order valence-corrected chi connectivity index (χ1v) is 9.20. The predicted molar refractivity (Wildman–Crippen MR) is 92.3 cm³/mol. The van der Waals surface area contributed by atoms with Crippen molar-refractivity contribution in [2.24, 2.45) is 5.92 Å². The zero-order valence-electron chi connectivity index (χ0n) is 14.7. The van der Waals surface area contributed by atoms with Crippen LogP contribution in [0.25, 0.3) is 0 Å². The van der Waals surface area contributed by atoms with E-state index in [9.17, 15) is 9.59 Å².